The Morgan fingerprint density at radius 3 is 3.00 bits per heavy atom. The highest BCUT2D eigenvalue weighted by Crippen LogP contribution is 2.20. The average Bonchev–Trinajstić information content (AvgIpc) is 2.34. The predicted octanol–water partition coefficient (Wildman–Crippen LogP) is 2.47. The minimum atomic E-state index is 0.00905. The highest BCUT2D eigenvalue weighted by atomic mass is 16.5. The van der Waals surface area contributed by atoms with E-state index in [-0.39, 0.29) is 12.0 Å². The van der Waals surface area contributed by atoms with Crippen molar-refractivity contribution >= 4 is 17.3 Å². The van der Waals surface area contributed by atoms with Gasteiger partial charge < -0.3 is 15.8 Å². The maximum absolute atomic E-state index is 11.9. The summed E-state index contributed by atoms with van der Waals surface area (Å²) in [7, 11) is 0. The summed E-state index contributed by atoms with van der Waals surface area (Å²) in [5.41, 5.74) is 8.19. The molecule has 1 amide bonds. The van der Waals surface area contributed by atoms with E-state index in [2.05, 4.69) is 5.32 Å². The molecular weight excluding hydrogens is 228 g/mol. The molecule has 0 aliphatic carbocycles. The van der Waals surface area contributed by atoms with Gasteiger partial charge in [-0.2, -0.15) is 0 Å². The number of nitrogens with two attached hydrogens (primary N) is 1. The van der Waals surface area contributed by atoms with Crippen molar-refractivity contribution in [3.8, 4) is 0 Å². The minimum Gasteiger partial charge on any atom is -0.399 e. The molecule has 4 heteroatoms. The summed E-state index contributed by atoms with van der Waals surface area (Å²) >= 11 is 0. The number of rotatable bonds is 3. The molecule has 4 nitrogen and oxygen atoms in total. The number of nitrogen functional groups attached to an aromatic ring is 1. The fourth-order valence-electron chi connectivity index (χ4n) is 2.20. The molecule has 2 rings (SSSR count). The van der Waals surface area contributed by atoms with Gasteiger partial charge in [0.2, 0.25) is 5.91 Å². The van der Waals surface area contributed by atoms with Gasteiger partial charge in [0.1, 0.15) is 0 Å². The zero-order valence-electron chi connectivity index (χ0n) is 10.7. The van der Waals surface area contributed by atoms with Crippen LogP contribution in [0.2, 0.25) is 0 Å². The SMILES string of the molecule is Cc1cc(N)ccc1NC(=O)CC1CCCCO1. The molecule has 1 aliphatic heterocycles. The van der Waals surface area contributed by atoms with Crippen molar-refractivity contribution in [1.82, 2.24) is 0 Å². The molecule has 1 aliphatic rings. The molecule has 3 N–H and O–H groups in total. The van der Waals surface area contributed by atoms with E-state index >= 15 is 0 Å². The van der Waals surface area contributed by atoms with Crippen LogP contribution in [-0.2, 0) is 9.53 Å². The summed E-state index contributed by atoms with van der Waals surface area (Å²) in [6, 6.07) is 5.48. The standard InChI is InChI=1S/C14H20N2O2/c1-10-8-11(15)5-6-13(10)16-14(17)9-12-4-2-3-7-18-12/h5-6,8,12H,2-4,7,9,15H2,1H3,(H,16,17). The molecule has 1 unspecified atom stereocenters. The Balaban J connectivity index is 1.90. The predicted molar refractivity (Wildman–Crippen MR) is 72.4 cm³/mol. The molecule has 0 spiro atoms. The second-order valence-electron chi connectivity index (χ2n) is 4.82. The summed E-state index contributed by atoms with van der Waals surface area (Å²) in [4.78, 5) is 11.9. The van der Waals surface area contributed by atoms with Crippen molar-refractivity contribution < 1.29 is 9.53 Å². The first kappa shape index (κ1) is 12.9. The topological polar surface area (TPSA) is 64.3 Å². The number of ether oxygens (including phenoxy) is 1. The Morgan fingerprint density at radius 1 is 1.50 bits per heavy atom. The molecule has 0 saturated carbocycles. The van der Waals surface area contributed by atoms with Crippen LogP contribution in [0, 0.1) is 6.92 Å². The number of carbonyl (C=O) groups is 1. The fraction of sp³-hybridized carbons (Fsp3) is 0.500. The van der Waals surface area contributed by atoms with E-state index in [1.165, 1.54) is 0 Å². The lowest BCUT2D eigenvalue weighted by Crippen LogP contribution is -2.25. The van der Waals surface area contributed by atoms with Gasteiger partial charge in [0.15, 0.2) is 0 Å². The lowest BCUT2D eigenvalue weighted by atomic mass is 10.1. The van der Waals surface area contributed by atoms with E-state index in [4.69, 9.17) is 10.5 Å². The van der Waals surface area contributed by atoms with Gasteiger partial charge in [0, 0.05) is 18.0 Å². The Bertz CT molecular complexity index is 426. The Kier molecular flexibility index (Phi) is 4.20. The number of carbonyl (C=O) groups excluding carboxylic acids is 1. The summed E-state index contributed by atoms with van der Waals surface area (Å²) in [6.07, 6.45) is 3.75. The quantitative estimate of drug-likeness (QED) is 0.808. The number of amides is 1. The van der Waals surface area contributed by atoms with Crippen LogP contribution >= 0.6 is 0 Å². The normalized spacial score (nSPS) is 19.5. The van der Waals surface area contributed by atoms with Crippen molar-refractivity contribution in [2.45, 2.75) is 38.7 Å². The minimum absolute atomic E-state index is 0.00905. The first-order valence-corrected chi connectivity index (χ1v) is 6.43. The summed E-state index contributed by atoms with van der Waals surface area (Å²) in [5, 5.41) is 2.91. The number of hydrogen-bond acceptors (Lipinski definition) is 3. The molecule has 1 aromatic carbocycles. The number of anilines is 2. The molecular formula is C14H20N2O2. The van der Waals surface area contributed by atoms with Crippen LogP contribution in [0.15, 0.2) is 18.2 Å². The molecule has 0 radical (unpaired) electrons. The van der Waals surface area contributed by atoms with Crippen molar-refractivity contribution in [1.29, 1.82) is 0 Å². The molecule has 0 aromatic heterocycles. The van der Waals surface area contributed by atoms with Gasteiger partial charge in [0.25, 0.3) is 0 Å². The molecule has 1 heterocycles. The van der Waals surface area contributed by atoms with Crippen LogP contribution in [0.3, 0.4) is 0 Å². The highest BCUT2D eigenvalue weighted by molar-refractivity contribution is 5.92. The molecule has 1 fully saturated rings. The lowest BCUT2D eigenvalue weighted by Gasteiger charge is -2.22. The zero-order chi connectivity index (χ0) is 13.0. The first-order chi connectivity index (χ1) is 8.65. The molecule has 0 bridgehead atoms. The van der Waals surface area contributed by atoms with Crippen molar-refractivity contribution in [3.05, 3.63) is 23.8 Å². The van der Waals surface area contributed by atoms with E-state index in [0.29, 0.717) is 12.1 Å². The van der Waals surface area contributed by atoms with Crippen molar-refractivity contribution in [2.75, 3.05) is 17.7 Å². The third kappa shape index (κ3) is 3.47. The summed E-state index contributed by atoms with van der Waals surface area (Å²) < 4.78 is 5.55. The summed E-state index contributed by atoms with van der Waals surface area (Å²) in [6.45, 7) is 2.71. The van der Waals surface area contributed by atoms with E-state index in [1.807, 2.05) is 19.1 Å². The molecule has 98 valence electrons. The van der Waals surface area contributed by atoms with Crippen LogP contribution in [0.1, 0.15) is 31.2 Å². The van der Waals surface area contributed by atoms with Gasteiger partial charge in [-0.25, -0.2) is 0 Å². The zero-order valence-corrected chi connectivity index (χ0v) is 10.7. The van der Waals surface area contributed by atoms with Gasteiger partial charge in [-0.3, -0.25) is 4.79 Å². The molecule has 1 saturated heterocycles. The Morgan fingerprint density at radius 2 is 2.33 bits per heavy atom. The number of nitrogens with one attached hydrogen (secondary N) is 1. The first-order valence-electron chi connectivity index (χ1n) is 6.43. The van der Waals surface area contributed by atoms with Crippen molar-refractivity contribution in [3.63, 3.8) is 0 Å². The van der Waals surface area contributed by atoms with Gasteiger partial charge in [-0.15, -0.1) is 0 Å². The number of hydrogen-bond donors (Lipinski definition) is 2. The third-order valence-corrected chi connectivity index (χ3v) is 3.21. The van der Waals surface area contributed by atoms with Crippen molar-refractivity contribution in [2.24, 2.45) is 0 Å². The van der Waals surface area contributed by atoms with E-state index in [1.54, 1.807) is 6.07 Å². The molecule has 18 heavy (non-hydrogen) atoms. The number of aryl methyl sites for hydroxylation is 1. The molecule has 1 aromatic rings. The monoisotopic (exact) mass is 248 g/mol. The second-order valence-corrected chi connectivity index (χ2v) is 4.82. The highest BCUT2D eigenvalue weighted by Gasteiger charge is 2.17. The van der Waals surface area contributed by atoms with E-state index in [0.717, 1.165) is 37.1 Å². The van der Waals surface area contributed by atoms with E-state index in [9.17, 15) is 4.79 Å². The Labute approximate surface area is 108 Å². The molecule has 1 atom stereocenters. The second kappa shape index (κ2) is 5.87. The van der Waals surface area contributed by atoms with E-state index < -0.39 is 0 Å². The van der Waals surface area contributed by atoms with Crippen LogP contribution < -0.4 is 11.1 Å². The van der Waals surface area contributed by atoms with Gasteiger partial charge in [-0.05, 0) is 49.9 Å². The summed E-state index contributed by atoms with van der Waals surface area (Å²) in [5.74, 6) is 0.00905. The Hall–Kier alpha value is -1.55. The van der Waals surface area contributed by atoms with Gasteiger partial charge in [-0.1, -0.05) is 0 Å². The van der Waals surface area contributed by atoms with Crippen LogP contribution in [-0.4, -0.2) is 18.6 Å². The van der Waals surface area contributed by atoms with Gasteiger partial charge in [0.05, 0.1) is 12.5 Å². The average molecular weight is 248 g/mol. The van der Waals surface area contributed by atoms with Crippen LogP contribution in [0.4, 0.5) is 11.4 Å². The lowest BCUT2D eigenvalue weighted by molar-refractivity contribution is -0.119. The van der Waals surface area contributed by atoms with Crippen LogP contribution in [0.25, 0.3) is 0 Å². The maximum atomic E-state index is 11.9. The largest absolute Gasteiger partial charge is 0.399 e. The fourth-order valence-corrected chi connectivity index (χ4v) is 2.20. The number of benzene rings is 1. The third-order valence-electron chi connectivity index (χ3n) is 3.21. The van der Waals surface area contributed by atoms with Crippen LogP contribution in [0.5, 0.6) is 0 Å². The van der Waals surface area contributed by atoms with Gasteiger partial charge >= 0.3 is 0 Å². The smallest absolute Gasteiger partial charge is 0.226 e. The maximum Gasteiger partial charge on any atom is 0.226 e.